The maximum absolute atomic E-state index is 2.49. The largest absolute Gasteiger partial charge is 0.311 e. The first kappa shape index (κ1) is 28.0. The van der Waals surface area contributed by atoms with Crippen molar-refractivity contribution in [2.75, 3.05) is 9.80 Å². The van der Waals surface area contributed by atoms with Crippen LogP contribution in [0.5, 0.6) is 0 Å². The Labute approximate surface area is 301 Å². The van der Waals surface area contributed by atoms with E-state index in [4.69, 9.17) is 0 Å². The van der Waals surface area contributed by atoms with E-state index in [1.165, 1.54) is 94.0 Å². The van der Waals surface area contributed by atoms with E-state index in [1.807, 2.05) is 0 Å². The molecule has 2 aromatic heterocycles. The highest BCUT2D eigenvalue weighted by Gasteiger charge is 2.43. The Balaban J connectivity index is 1.14. The van der Waals surface area contributed by atoms with E-state index in [0.29, 0.717) is 0 Å². The first-order valence-electron chi connectivity index (χ1n) is 18.1. The molecule has 0 radical (unpaired) electrons. The smallest absolute Gasteiger partial charge is 0.252 e. The number of rotatable bonds is 3. The average molecular weight is 660 g/mol. The molecule has 0 N–H and O–H groups in total. The summed E-state index contributed by atoms with van der Waals surface area (Å²) in [5.41, 5.74) is 17.5. The number of anilines is 6. The van der Waals surface area contributed by atoms with Crippen LogP contribution in [-0.4, -0.2) is 11.1 Å². The van der Waals surface area contributed by atoms with Crippen molar-refractivity contribution in [1.29, 1.82) is 0 Å². The fourth-order valence-corrected chi connectivity index (χ4v) is 9.39. The van der Waals surface area contributed by atoms with Crippen LogP contribution in [0.3, 0.4) is 0 Å². The second-order valence-electron chi connectivity index (χ2n) is 14.1. The maximum Gasteiger partial charge on any atom is 0.252 e. The van der Waals surface area contributed by atoms with Crippen LogP contribution in [0.25, 0.3) is 49.2 Å². The van der Waals surface area contributed by atoms with Crippen molar-refractivity contribution in [2.45, 2.75) is 0 Å². The van der Waals surface area contributed by atoms with Gasteiger partial charge in [-0.2, -0.15) is 0 Å². The van der Waals surface area contributed by atoms with Gasteiger partial charge in [0, 0.05) is 55.7 Å². The minimum Gasteiger partial charge on any atom is -0.311 e. The zero-order valence-corrected chi connectivity index (χ0v) is 28.2. The quantitative estimate of drug-likeness (QED) is 0.175. The minimum atomic E-state index is 0.0938. The number of para-hydroxylation sites is 5. The molecule has 10 aromatic rings. The van der Waals surface area contributed by atoms with Gasteiger partial charge in [-0.25, -0.2) is 0 Å². The fourth-order valence-electron chi connectivity index (χ4n) is 9.39. The third-order valence-corrected chi connectivity index (χ3v) is 11.5. The summed E-state index contributed by atoms with van der Waals surface area (Å²) >= 11 is 0. The molecule has 12 rings (SSSR count). The number of benzene rings is 8. The molecule has 0 amide bonds. The highest BCUT2D eigenvalue weighted by Crippen LogP contribution is 2.46. The molecular weight excluding hydrogens is 629 g/mol. The lowest BCUT2D eigenvalue weighted by molar-refractivity contribution is 1.25. The van der Waals surface area contributed by atoms with Crippen LogP contribution in [0.1, 0.15) is 0 Å². The van der Waals surface area contributed by atoms with Crippen molar-refractivity contribution in [3.05, 3.63) is 182 Å². The zero-order chi connectivity index (χ0) is 33.9. The molecule has 0 spiro atoms. The van der Waals surface area contributed by atoms with E-state index in [2.05, 4.69) is 196 Å². The van der Waals surface area contributed by atoms with Crippen LogP contribution >= 0.6 is 0 Å². The van der Waals surface area contributed by atoms with Crippen molar-refractivity contribution < 1.29 is 0 Å². The van der Waals surface area contributed by atoms with E-state index in [0.717, 1.165) is 5.69 Å². The molecule has 4 heterocycles. The molecule has 8 aromatic carbocycles. The first-order valence-corrected chi connectivity index (χ1v) is 18.1. The van der Waals surface area contributed by atoms with Gasteiger partial charge in [-0.3, -0.25) is 0 Å². The van der Waals surface area contributed by atoms with Gasteiger partial charge in [0.2, 0.25) is 0 Å². The molecule has 52 heavy (non-hydrogen) atoms. The Bertz CT molecular complexity index is 2960. The van der Waals surface area contributed by atoms with Crippen LogP contribution < -0.4 is 26.2 Å². The van der Waals surface area contributed by atoms with E-state index in [-0.39, 0.29) is 6.71 Å². The van der Waals surface area contributed by atoms with Crippen LogP contribution in [0.15, 0.2) is 182 Å². The number of hydrogen-bond acceptors (Lipinski definition) is 2. The SMILES string of the molecule is c1ccc(N2c3ccccc3B3c4ccc(-c5cc6c7ccccc7n7c8ccccc8c(c5)c67)cc4N(c4ccccc4)c4cccc2c43)cc1. The Morgan fingerprint density at radius 3 is 1.52 bits per heavy atom. The lowest BCUT2D eigenvalue weighted by Crippen LogP contribution is -2.61. The summed E-state index contributed by atoms with van der Waals surface area (Å²) in [5.74, 6) is 0. The van der Waals surface area contributed by atoms with Crippen molar-refractivity contribution in [1.82, 2.24) is 4.40 Å². The lowest BCUT2D eigenvalue weighted by Gasteiger charge is -2.44. The highest BCUT2D eigenvalue weighted by molar-refractivity contribution is 7.00. The average Bonchev–Trinajstić information content (AvgIpc) is 3.73. The molecule has 4 heteroatoms. The maximum atomic E-state index is 2.49. The molecule has 240 valence electrons. The van der Waals surface area contributed by atoms with E-state index < -0.39 is 0 Å². The molecule has 0 aliphatic carbocycles. The van der Waals surface area contributed by atoms with Crippen molar-refractivity contribution in [3.63, 3.8) is 0 Å². The van der Waals surface area contributed by atoms with E-state index in [1.54, 1.807) is 0 Å². The molecule has 0 fully saturated rings. The number of aromatic nitrogens is 1. The molecule has 0 saturated carbocycles. The molecule has 0 saturated heterocycles. The number of nitrogens with zero attached hydrogens (tertiary/aromatic N) is 3. The van der Waals surface area contributed by atoms with Gasteiger partial charge in [0.25, 0.3) is 6.71 Å². The third-order valence-electron chi connectivity index (χ3n) is 11.5. The van der Waals surface area contributed by atoms with Crippen molar-refractivity contribution in [2.24, 2.45) is 0 Å². The molecule has 2 aliphatic rings. The van der Waals surface area contributed by atoms with E-state index >= 15 is 0 Å². The molecular formula is C48H30BN3. The summed E-state index contributed by atoms with van der Waals surface area (Å²) in [7, 11) is 0. The van der Waals surface area contributed by atoms with Gasteiger partial charge in [-0.15, -0.1) is 0 Å². The second-order valence-corrected chi connectivity index (χ2v) is 14.1. The number of hydrogen-bond donors (Lipinski definition) is 0. The lowest BCUT2D eigenvalue weighted by atomic mass is 9.33. The normalized spacial score (nSPS) is 13.3. The van der Waals surface area contributed by atoms with Crippen LogP contribution in [0.4, 0.5) is 34.1 Å². The summed E-state index contributed by atoms with van der Waals surface area (Å²) in [5, 5.41) is 5.19. The Kier molecular flexibility index (Phi) is 5.58. The standard InChI is InChI=1S/C48H30BN3/c1-3-14-33(15-4-1)50-43-23-12-9-20-39(43)49-40-27-26-31(30-46(40)51(34-16-5-2-6-17-34)45-25-13-24-44(50)47(45)49)32-28-37-35-18-7-10-21-41(35)52-42-22-11-8-19-36(42)38(29-32)48(37)52/h1-30H. The van der Waals surface area contributed by atoms with Crippen molar-refractivity contribution in [3.8, 4) is 11.1 Å². The van der Waals surface area contributed by atoms with Gasteiger partial charge < -0.3 is 14.2 Å². The zero-order valence-electron chi connectivity index (χ0n) is 28.2. The molecule has 2 aliphatic heterocycles. The van der Waals surface area contributed by atoms with E-state index in [9.17, 15) is 0 Å². The number of fused-ring (bicyclic) bond motifs is 10. The highest BCUT2D eigenvalue weighted by atomic mass is 15.2. The Morgan fingerprint density at radius 1 is 0.346 bits per heavy atom. The summed E-state index contributed by atoms with van der Waals surface area (Å²) in [6, 6.07) is 67.2. The Morgan fingerprint density at radius 2 is 0.865 bits per heavy atom. The summed E-state index contributed by atoms with van der Waals surface area (Å²) in [4.78, 5) is 4.93. The first-order chi connectivity index (χ1) is 25.8. The minimum absolute atomic E-state index is 0.0938. The second kappa shape index (κ2) is 10.4. The predicted octanol–water partition coefficient (Wildman–Crippen LogP) is 10.6. The van der Waals surface area contributed by atoms with Gasteiger partial charge in [-0.05, 0) is 100 Å². The van der Waals surface area contributed by atoms with Gasteiger partial charge in [0.05, 0.1) is 16.6 Å². The van der Waals surface area contributed by atoms with Gasteiger partial charge in [0.1, 0.15) is 0 Å². The predicted molar refractivity (Wildman–Crippen MR) is 221 cm³/mol. The summed E-state index contributed by atoms with van der Waals surface area (Å²) in [6.07, 6.45) is 0. The third kappa shape index (κ3) is 3.65. The van der Waals surface area contributed by atoms with Gasteiger partial charge >= 0.3 is 0 Å². The molecule has 0 bridgehead atoms. The monoisotopic (exact) mass is 659 g/mol. The van der Waals surface area contributed by atoms with Crippen LogP contribution in [-0.2, 0) is 0 Å². The Hall–Kier alpha value is -6.78. The molecule has 0 unspecified atom stereocenters. The van der Waals surface area contributed by atoms with Crippen molar-refractivity contribution >= 4 is 95.3 Å². The van der Waals surface area contributed by atoms with Gasteiger partial charge in [0.15, 0.2) is 0 Å². The van der Waals surface area contributed by atoms with Gasteiger partial charge in [-0.1, -0.05) is 109 Å². The van der Waals surface area contributed by atoms with Crippen LogP contribution in [0, 0.1) is 0 Å². The van der Waals surface area contributed by atoms with Crippen LogP contribution in [0.2, 0.25) is 0 Å². The topological polar surface area (TPSA) is 10.9 Å². The molecule has 3 nitrogen and oxygen atoms in total. The summed E-state index contributed by atoms with van der Waals surface area (Å²) in [6.45, 7) is 0.0938. The summed E-state index contributed by atoms with van der Waals surface area (Å²) < 4.78 is 2.46. The fraction of sp³-hybridized carbons (Fsp3) is 0. The molecule has 0 atom stereocenters.